The van der Waals surface area contributed by atoms with Gasteiger partial charge in [-0.25, -0.2) is 0 Å². The number of para-hydroxylation sites is 1. The van der Waals surface area contributed by atoms with Crippen LogP contribution in [0.3, 0.4) is 0 Å². The number of Topliss-reactive ketones (excluding diaryl/α,β-unsaturated/α-hetero) is 1. The van der Waals surface area contributed by atoms with Crippen LogP contribution in [0.5, 0.6) is 5.75 Å². The molecule has 3 aromatic carbocycles. The highest BCUT2D eigenvalue weighted by atomic mass is 32.1. The fraction of sp³-hybridized carbons (Fsp3) is 0.242. The molecule has 0 unspecified atom stereocenters. The van der Waals surface area contributed by atoms with Crippen molar-refractivity contribution in [2.45, 2.75) is 32.6 Å². The number of nitrogens with zero attached hydrogens (tertiary/aromatic N) is 1. The lowest BCUT2D eigenvalue weighted by atomic mass is 10.1. The van der Waals surface area contributed by atoms with Crippen molar-refractivity contribution in [1.29, 1.82) is 0 Å². The molecule has 0 radical (unpaired) electrons. The van der Waals surface area contributed by atoms with E-state index in [9.17, 15) is 14.4 Å². The summed E-state index contributed by atoms with van der Waals surface area (Å²) in [5.41, 5.74) is 5.49. The largest absolute Gasteiger partial charge is 0.497 e. The van der Waals surface area contributed by atoms with E-state index in [2.05, 4.69) is 5.32 Å². The van der Waals surface area contributed by atoms with Gasteiger partial charge in [0.25, 0.3) is 11.8 Å². The standard InChI is InChI=1S/C33H30N2O4S/c1-20-17-25(39-2)13-14-26(20)32(37)34-24-11-9-22(10-12-24)33(38)35-16-15-23-19-30(29(36)18-21-7-8-21)40-31(23)27-5-3-4-6-28(27)35/h3-6,9-14,17,19,21H,7-8,15-16,18H2,1-2H3,(H,34,37). The van der Waals surface area contributed by atoms with Crippen molar-refractivity contribution in [3.05, 3.63) is 99.9 Å². The molecule has 0 bridgehead atoms. The number of nitrogens with one attached hydrogen (secondary N) is 1. The number of hydrogen-bond acceptors (Lipinski definition) is 5. The Morgan fingerprint density at radius 1 is 1.00 bits per heavy atom. The zero-order valence-electron chi connectivity index (χ0n) is 22.5. The number of carbonyl (C=O) groups is 3. The van der Waals surface area contributed by atoms with E-state index < -0.39 is 0 Å². The summed E-state index contributed by atoms with van der Waals surface area (Å²) in [5, 5.41) is 2.92. The van der Waals surface area contributed by atoms with Gasteiger partial charge >= 0.3 is 0 Å². The molecule has 0 atom stereocenters. The predicted octanol–water partition coefficient (Wildman–Crippen LogP) is 7.17. The fourth-order valence-electron chi connectivity index (χ4n) is 5.20. The van der Waals surface area contributed by atoms with Crippen molar-refractivity contribution >= 4 is 40.3 Å². The van der Waals surface area contributed by atoms with Gasteiger partial charge in [-0.1, -0.05) is 18.2 Å². The molecule has 2 amide bonds. The third kappa shape index (κ3) is 5.17. The topological polar surface area (TPSA) is 75.7 Å². The number of thiophene rings is 1. The molecule has 1 N–H and O–H groups in total. The molecule has 1 aromatic heterocycles. The maximum Gasteiger partial charge on any atom is 0.258 e. The zero-order chi connectivity index (χ0) is 27.8. The molecule has 1 aliphatic carbocycles. The molecule has 6 nitrogen and oxygen atoms in total. The second kappa shape index (κ2) is 10.7. The Bertz CT molecular complexity index is 1620. The normalized spacial score (nSPS) is 14.1. The van der Waals surface area contributed by atoms with Gasteiger partial charge in [-0.2, -0.15) is 0 Å². The molecule has 7 heteroatoms. The minimum Gasteiger partial charge on any atom is -0.497 e. The summed E-state index contributed by atoms with van der Waals surface area (Å²) >= 11 is 1.55. The summed E-state index contributed by atoms with van der Waals surface area (Å²) in [4.78, 5) is 43.1. The van der Waals surface area contributed by atoms with E-state index in [1.54, 1.807) is 54.8 Å². The van der Waals surface area contributed by atoms with Gasteiger partial charge in [-0.15, -0.1) is 11.3 Å². The lowest BCUT2D eigenvalue weighted by Crippen LogP contribution is -2.32. The number of amides is 2. The molecule has 0 spiro atoms. The number of hydrogen-bond donors (Lipinski definition) is 1. The van der Waals surface area contributed by atoms with E-state index in [0.29, 0.717) is 47.9 Å². The number of fused-ring (bicyclic) bond motifs is 3. The Labute approximate surface area is 237 Å². The smallest absolute Gasteiger partial charge is 0.258 e. The molecule has 4 aromatic rings. The number of ether oxygens (including phenoxy) is 1. The van der Waals surface area contributed by atoms with Crippen LogP contribution < -0.4 is 15.0 Å². The molecular weight excluding hydrogens is 520 g/mol. The summed E-state index contributed by atoms with van der Waals surface area (Å²) in [5.74, 6) is 1.17. The van der Waals surface area contributed by atoms with Crippen molar-refractivity contribution in [3.63, 3.8) is 0 Å². The highest BCUT2D eigenvalue weighted by molar-refractivity contribution is 7.17. The van der Waals surface area contributed by atoms with E-state index in [1.165, 1.54) is 0 Å². The maximum absolute atomic E-state index is 13.7. The molecule has 1 aliphatic heterocycles. The molecule has 1 fully saturated rings. The zero-order valence-corrected chi connectivity index (χ0v) is 23.3. The van der Waals surface area contributed by atoms with Crippen LogP contribution in [0.25, 0.3) is 10.4 Å². The first-order valence-electron chi connectivity index (χ1n) is 13.5. The van der Waals surface area contributed by atoms with Gasteiger partial charge in [0, 0.05) is 40.2 Å². The average Bonchev–Trinajstić information content (AvgIpc) is 3.71. The minimum absolute atomic E-state index is 0.100. The van der Waals surface area contributed by atoms with Gasteiger partial charge < -0.3 is 15.0 Å². The number of ketones is 1. The molecule has 6 rings (SSSR count). The van der Waals surface area contributed by atoms with Gasteiger partial charge in [0.05, 0.1) is 17.7 Å². The van der Waals surface area contributed by atoms with Crippen LogP contribution in [0.4, 0.5) is 11.4 Å². The van der Waals surface area contributed by atoms with Crippen LogP contribution in [-0.4, -0.2) is 31.3 Å². The number of benzene rings is 3. The number of anilines is 2. The third-order valence-corrected chi connectivity index (χ3v) is 8.86. The van der Waals surface area contributed by atoms with Crippen LogP contribution in [-0.2, 0) is 6.42 Å². The Balaban J connectivity index is 1.20. The Hall–Kier alpha value is -4.23. The second-order valence-electron chi connectivity index (χ2n) is 10.5. The number of carbonyl (C=O) groups excluding carboxylic acids is 3. The molecule has 202 valence electrons. The summed E-state index contributed by atoms with van der Waals surface area (Å²) < 4.78 is 5.23. The van der Waals surface area contributed by atoms with E-state index in [0.717, 1.165) is 45.0 Å². The van der Waals surface area contributed by atoms with Crippen molar-refractivity contribution < 1.29 is 19.1 Å². The van der Waals surface area contributed by atoms with Crippen LogP contribution >= 0.6 is 11.3 Å². The Morgan fingerprint density at radius 3 is 2.50 bits per heavy atom. The highest BCUT2D eigenvalue weighted by Crippen LogP contribution is 2.43. The molecule has 2 aliphatic rings. The van der Waals surface area contributed by atoms with Crippen molar-refractivity contribution in [1.82, 2.24) is 0 Å². The van der Waals surface area contributed by atoms with Crippen LogP contribution in [0.1, 0.15) is 60.8 Å². The minimum atomic E-state index is -0.221. The number of rotatable bonds is 7. The van der Waals surface area contributed by atoms with E-state index in [1.807, 2.05) is 48.2 Å². The molecule has 2 heterocycles. The van der Waals surface area contributed by atoms with E-state index >= 15 is 0 Å². The van der Waals surface area contributed by atoms with Crippen LogP contribution in [0.2, 0.25) is 0 Å². The Morgan fingerprint density at radius 2 is 1.77 bits per heavy atom. The highest BCUT2D eigenvalue weighted by Gasteiger charge is 2.29. The number of methoxy groups -OCH3 is 1. The number of aryl methyl sites for hydroxylation is 1. The van der Waals surface area contributed by atoms with Crippen molar-refractivity contribution in [3.8, 4) is 16.2 Å². The first-order chi connectivity index (χ1) is 19.4. The van der Waals surface area contributed by atoms with Crippen molar-refractivity contribution in [2.75, 3.05) is 23.9 Å². The van der Waals surface area contributed by atoms with Crippen molar-refractivity contribution in [2.24, 2.45) is 5.92 Å². The SMILES string of the molecule is COc1ccc(C(=O)Nc2ccc(C(=O)N3CCc4cc(C(=O)CC5CC5)sc4-c4ccccc43)cc2)c(C)c1. The second-order valence-corrected chi connectivity index (χ2v) is 11.5. The Kier molecular flexibility index (Phi) is 6.98. The maximum atomic E-state index is 13.7. The molecule has 1 saturated carbocycles. The lowest BCUT2D eigenvalue weighted by molar-refractivity contribution is 0.0974. The average molecular weight is 551 g/mol. The monoisotopic (exact) mass is 550 g/mol. The van der Waals surface area contributed by atoms with Crippen LogP contribution in [0.15, 0.2) is 72.8 Å². The predicted molar refractivity (Wildman–Crippen MR) is 159 cm³/mol. The van der Waals surface area contributed by atoms with Gasteiger partial charge in [0.15, 0.2) is 5.78 Å². The first kappa shape index (κ1) is 26.0. The molecule has 0 saturated heterocycles. The summed E-state index contributed by atoms with van der Waals surface area (Å²) in [6, 6.07) is 22.3. The fourth-order valence-corrected chi connectivity index (χ4v) is 6.39. The van der Waals surface area contributed by atoms with Gasteiger partial charge in [-0.3, -0.25) is 14.4 Å². The summed E-state index contributed by atoms with van der Waals surface area (Å²) in [6.07, 6.45) is 3.64. The molecule has 40 heavy (non-hydrogen) atoms. The van der Waals surface area contributed by atoms with Gasteiger partial charge in [0.1, 0.15) is 5.75 Å². The van der Waals surface area contributed by atoms with E-state index in [4.69, 9.17) is 4.74 Å². The first-order valence-corrected chi connectivity index (χ1v) is 14.4. The third-order valence-electron chi connectivity index (χ3n) is 7.61. The van der Waals surface area contributed by atoms with Gasteiger partial charge in [0.2, 0.25) is 0 Å². The lowest BCUT2D eigenvalue weighted by Gasteiger charge is -2.23. The van der Waals surface area contributed by atoms with Crippen LogP contribution in [0, 0.1) is 12.8 Å². The summed E-state index contributed by atoms with van der Waals surface area (Å²) in [7, 11) is 1.59. The van der Waals surface area contributed by atoms with E-state index in [-0.39, 0.29) is 17.6 Å². The van der Waals surface area contributed by atoms with Gasteiger partial charge in [-0.05, 0) is 97.8 Å². The molecular formula is C33H30N2O4S. The summed E-state index contributed by atoms with van der Waals surface area (Å²) in [6.45, 7) is 2.38. The quantitative estimate of drug-likeness (QED) is 0.248.